The molecule has 0 bridgehead atoms. The van der Waals surface area contributed by atoms with Gasteiger partial charge in [-0.25, -0.2) is 4.68 Å². The molecule has 0 radical (unpaired) electrons. The van der Waals surface area contributed by atoms with Gasteiger partial charge in [0, 0.05) is 6.07 Å². The van der Waals surface area contributed by atoms with Gasteiger partial charge in [0.2, 0.25) is 0 Å². The molecular weight excluding hydrogens is 296 g/mol. The molecule has 2 N–H and O–H groups in total. The van der Waals surface area contributed by atoms with Crippen LogP contribution in [0.5, 0.6) is 0 Å². The fourth-order valence-electron chi connectivity index (χ4n) is 1.88. The summed E-state index contributed by atoms with van der Waals surface area (Å²) in [6.07, 6.45) is -1.46. The zero-order valence-electron chi connectivity index (χ0n) is 11.6. The maximum Gasteiger partial charge on any atom is 0.284 e. The SMILES string of the molecule is Cc1nnc(C)n1NC(O)c1ccc([N+](=O)[O-])cc1[N+](=O)[O-]. The van der Waals surface area contributed by atoms with Gasteiger partial charge in [-0.15, -0.1) is 10.2 Å². The first-order chi connectivity index (χ1) is 10.3. The lowest BCUT2D eigenvalue weighted by molar-refractivity contribution is -0.394. The van der Waals surface area contributed by atoms with Gasteiger partial charge >= 0.3 is 0 Å². The molecule has 0 fully saturated rings. The van der Waals surface area contributed by atoms with Crippen molar-refractivity contribution in [2.24, 2.45) is 0 Å². The van der Waals surface area contributed by atoms with Crippen LogP contribution in [0.2, 0.25) is 0 Å². The second-order valence-corrected chi connectivity index (χ2v) is 4.42. The summed E-state index contributed by atoms with van der Waals surface area (Å²) in [5, 5.41) is 39.4. The Bertz CT molecular complexity index is 723. The van der Waals surface area contributed by atoms with E-state index in [2.05, 4.69) is 15.6 Å². The summed E-state index contributed by atoms with van der Waals surface area (Å²) in [7, 11) is 0. The van der Waals surface area contributed by atoms with Crippen molar-refractivity contribution in [3.05, 3.63) is 55.6 Å². The number of aromatic nitrogens is 3. The molecule has 22 heavy (non-hydrogen) atoms. The third-order valence-electron chi connectivity index (χ3n) is 2.95. The van der Waals surface area contributed by atoms with E-state index in [0.29, 0.717) is 11.6 Å². The number of nitro groups is 2. The standard InChI is InChI=1S/C11H12N6O5/c1-6-12-13-7(2)15(6)14-11(18)9-4-3-8(16(19)20)5-10(9)17(21)22/h3-5,11,14,18H,1-2H3. The highest BCUT2D eigenvalue weighted by Crippen LogP contribution is 2.28. The topological polar surface area (TPSA) is 149 Å². The van der Waals surface area contributed by atoms with Gasteiger partial charge in [0.25, 0.3) is 11.4 Å². The van der Waals surface area contributed by atoms with Crippen molar-refractivity contribution >= 4 is 11.4 Å². The molecule has 11 heteroatoms. The number of hydrogen-bond donors (Lipinski definition) is 2. The fraction of sp³-hybridized carbons (Fsp3) is 0.273. The highest BCUT2D eigenvalue weighted by atomic mass is 16.6. The van der Waals surface area contributed by atoms with E-state index in [9.17, 15) is 25.3 Å². The number of aliphatic hydroxyl groups is 1. The largest absolute Gasteiger partial charge is 0.368 e. The molecule has 2 rings (SSSR count). The molecule has 0 amide bonds. The second-order valence-electron chi connectivity index (χ2n) is 4.42. The van der Waals surface area contributed by atoms with Crippen molar-refractivity contribution in [3.8, 4) is 0 Å². The van der Waals surface area contributed by atoms with Gasteiger partial charge in [-0.05, 0) is 19.9 Å². The van der Waals surface area contributed by atoms with E-state index in [0.717, 1.165) is 18.2 Å². The Morgan fingerprint density at radius 1 is 1.18 bits per heavy atom. The Balaban J connectivity index is 2.39. The molecule has 116 valence electrons. The lowest BCUT2D eigenvalue weighted by Gasteiger charge is -2.16. The van der Waals surface area contributed by atoms with Gasteiger partial charge in [-0.1, -0.05) is 0 Å². The molecule has 1 aromatic heterocycles. The van der Waals surface area contributed by atoms with Crippen LogP contribution in [0.1, 0.15) is 23.4 Å². The Morgan fingerprint density at radius 3 is 2.27 bits per heavy atom. The minimum absolute atomic E-state index is 0.108. The number of aliphatic hydroxyl groups excluding tert-OH is 1. The molecule has 0 aliphatic rings. The molecule has 0 aliphatic carbocycles. The quantitative estimate of drug-likeness (QED) is 0.471. The van der Waals surface area contributed by atoms with Crippen LogP contribution >= 0.6 is 0 Å². The molecule has 0 spiro atoms. The number of nitro benzene ring substituents is 2. The van der Waals surface area contributed by atoms with Gasteiger partial charge in [0.05, 0.1) is 21.5 Å². The van der Waals surface area contributed by atoms with Gasteiger partial charge in [0.1, 0.15) is 11.6 Å². The van der Waals surface area contributed by atoms with Crippen molar-refractivity contribution in [2.75, 3.05) is 5.43 Å². The first-order valence-corrected chi connectivity index (χ1v) is 6.07. The third-order valence-corrected chi connectivity index (χ3v) is 2.95. The predicted molar refractivity (Wildman–Crippen MR) is 73.6 cm³/mol. The number of benzene rings is 1. The summed E-state index contributed by atoms with van der Waals surface area (Å²) >= 11 is 0. The van der Waals surface area contributed by atoms with Crippen LogP contribution in [0.15, 0.2) is 18.2 Å². The molecule has 11 nitrogen and oxygen atoms in total. The Labute approximate surface area is 123 Å². The highest BCUT2D eigenvalue weighted by molar-refractivity contribution is 5.50. The lowest BCUT2D eigenvalue weighted by Crippen LogP contribution is -2.23. The van der Waals surface area contributed by atoms with Crippen LogP contribution in [-0.2, 0) is 0 Å². The molecule has 0 aliphatic heterocycles. The zero-order chi connectivity index (χ0) is 16.4. The number of aryl methyl sites for hydroxylation is 2. The van der Waals surface area contributed by atoms with Crippen LogP contribution in [0.4, 0.5) is 11.4 Å². The van der Waals surface area contributed by atoms with E-state index in [1.54, 1.807) is 13.8 Å². The van der Waals surface area contributed by atoms with Gasteiger partial charge in [-0.3, -0.25) is 25.7 Å². The van der Waals surface area contributed by atoms with Crippen molar-refractivity contribution in [3.63, 3.8) is 0 Å². The zero-order valence-corrected chi connectivity index (χ0v) is 11.6. The maximum absolute atomic E-state index is 11.0. The van der Waals surface area contributed by atoms with E-state index in [1.807, 2.05) is 0 Å². The van der Waals surface area contributed by atoms with E-state index in [1.165, 1.54) is 4.68 Å². The minimum atomic E-state index is -1.46. The average molecular weight is 308 g/mol. The summed E-state index contributed by atoms with van der Waals surface area (Å²) in [4.78, 5) is 20.2. The highest BCUT2D eigenvalue weighted by Gasteiger charge is 2.25. The molecular formula is C11H12N6O5. The van der Waals surface area contributed by atoms with E-state index < -0.39 is 27.4 Å². The number of hydrogen-bond acceptors (Lipinski definition) is 8. The number of rotatable bonds is 5. The molecule has 1 unspecified atom stereocenters. The Morgan fingerprint density at radius 2 is 1.77 bits per heavy atom. The number of nitrogens with one attached hydrogen (secondary N) is 1. The Hall–Kier alpha value is -3.08. The maximum atomic E-state index is 11.0. The van der Waals surface area contributed by atoms with Gasteiger partial charge in [0.15, 0.2) is 6.23 Å². The minimum Gasteiger partial charge on any atom is -0.368 e. The van der Waals surface area contributed by atoms with Crippen molar-refractivity contribution in [1.82, 2.24) is 14.9 Å². The summed E-state index contributed by atoms with van der Waals surface area (Å²) in [5.74, 6) is 0.891. The predicted octanol–water partition coefficient (Wildman–Crippen LogP) is 0.946. The number of non-ortho nitro benzene ring substituents is 1. The van der Waals surface area contributed by atoms with Crippen molar-refractivity contribution in [1.29, 1.82) is 0 Å². The summed E-state index contributed by atoms with van der Waals surface area (Å²) < 4.78 is 1.36. The molecule has 1 aromatic carbocycles. The summed E-state index contributed by atoms with van der Waals surface area (Å²) in [6.45, 7) is 3.26. The Kier molecular flexibility index (Phi) is 3.99. The molecule has 0 saturated heterocycles. The third kappa shape index (κ3) is 2.83. The fourth-order valence-corrected chi connectivity index (χ4v) is 1.88. The molecule has 1 heterocycles. The van der Waals surface area contributed by atoms with Gasteiger partial charge in [-0.2, -0.15) is 0 Å². The molecule has 0 saturated carbocycles. The van der Waals surface area contributed by atoms with E-state index >= 15 is 0 Å². The van der Waals surface area contributed by atoms with Crippen LogP contribution < -0.4 is 5.43 Å². The normalized spacial score (nSPS) is 12.0. The van der Waals surface area contributed by atoms with Crippen LogP contribution in [0.3, 0.4) is 0 Å². The van der Waals surface area contributed by atoms with Crippen LogP contribution in [0.25, 0.3) is 0 Å². The molecule has 1 atom stereocenters. The first kappa shape index (κ1) is 15.3. The van der Waals surface area contributed by atoms with E-state index in [4.69, 9.17) is 0 Å². The van der Waals surface area contributed by atoms with Crippen LogP contribution in [0, 0.1) is 34.1 Å². The van der Waals surface area contributed by atoms with Crippen molar-refractivity contribution in [2.45, 2.75) is 20.1 Å². The summed E-state index contributed by atoms with van der Waals surface area (Å²) in [5.41, 5.74) is 1.49. The van der Waals surface area contributed by atoms with Crippen LogP contribution in [-0.4, -0.2) is 29.8 Å². The summed E-state index contributed by atoms with van der Waals surface area (Å²) in [6, 6.07) is 3.01. The lowest BCUT2D eigenvalue weighted by atomic mass is 10.1. The van der Waals surface area contributed by atoms with Crippen molar-refractivity contribution < 1.29 is 15.0 Å². The van der Waals surface area contributed by atoms with Gasteiger partial charge < -0.3 is 5.11 Å². The van der Waals surface area contributed by atoms with E-state index in [-0.39, 0.29) is 5.56 Å². The molecule has 2 aromatic rings. The first-order valence-electron chi connectivity index (χ1n) is 6.07. The average Bonchev–Trinajstić information content (AvgIpc) is 2.78. The smallest absolute Gasteiger partial charge is 0.284 e. The monoisotopic (exact) mass is 308 g/mol. The number of nitrogens with zero attached hydrogens (tertiary/aromatic N) is 5. The second kappa shape index (κ2) is 5.73.